The van der Waals surface area contributed by atoms with Crippen molar-refractivity contribution in [3.8, 4) is 6.07 Å². The molecule has 24 heavy (non-hydrogen) atoms. The molecule has 0 unspecified atom stereocenters. The first kappa shape index (κ1) is 18.4. The fraction of sp³-hybridized carbons (Fsp3) is 0.263. The summed E-state index contributed by atoms with van der Waals surface area (Å²) in [5.74, 6) is 0.0275. The summed E-state index contributed by atoms with van der Waals surface area (Å²) in [4.78, 5) is 16.8. The number of nitriles is 1. The van der Waals surface area contributed by atoms with Crippen LogP contribution in [0.15, 0.2) is 48.5 Å². The van der Waals surface area contributed by atoms with Gasteiger partial charge >= 0.3 is 0 Å². The lowest BCUT2D eigenvalue weighted by Crippen LogP contribution is -2.36. The maximum Gasteiger partial charge on any atom is 0.254 e. The smallest absolute Gasteiger partial charge is 0.254 e. The molecule has 5 heteroatoms. The number of amides is 1. The van der Waals surface area contributed by atoms with Crippen molar-refractivity contribution in [1.29, 1.82) is 5.26 Å². The van der Waals surface area contributed by atoms with E-state index in [0.29, 0.717) is 24.2 Å². The molecular weight excluding hydrogens is 413 g/mol. The minimum Gasteiger partial charge on any atom is -0.333 e. The lowest BCUT2D eigenvalue weighted by Gasteiger charge is -2.25. The number of carbonyl (C=O) groups is 1. The number of rotatable bonds is 6. The zero-order valence-corrected chi connectivity index (χ0v) is 16.0. The zero-order valence-electron chi connectivity index (χ0n) is 13.9. The SMILES string of the molecule is CN(C)CCN(Cc1ccc(C#N)cc1)C(=O)c1cccc(I)c1. The molecule has 0 heterocycles. The molecular formula is C19H20IN3O. The molecule has 0 bridgehead atoms. The van der Waals surface area contributed by atoms with Crippen molar-refractivity contribution in [2.24, 2.45) is 0 Å². The van der Waals surface area contributed by atoms with Crippen molar-refractivity contribution in [3.63, 3.8) is 0 Å². The van der Waals surface area contributed by atoms with Crippen LogP contribution in [-0.2, 0) is 6.54 Å². The minimum absolute atomic E-state index is 0.0275. The number of hydrogen-bond donors (Lipinski definition) is 0. The lowest BCUT2D eigenvalue weighted by atomic mass is 10.1. The Kier molecular flexibility index (Phi) is 6.76. The van der Waals surface area contributed by atoms with E-state index in [-0.39, 0.29) is 5.91 Å². The predicted octanol–water partition coefficient (Wildman–Crippen LogP) is 3.37. The monoisotopic (exact) mass is 433 g/mol. The van der Waals surface area contributed by atoms with E-state index in [4.69, 9.17) is 5.26 Å². The van der Waals surface area contributed by atoms with Gasteiger partial charge in [-0.3, -0.25) is 4.79 Å². The Balaban J connectivity index is 2.19. The quantitative estimate of drug-likeness (QED) is 0.657. The lowest BCUT2D eigenvalue weighted by molar-refractivity contribution is 0.0732. The fourth-order valence-electron chi connectivity index (χ4n) is 2.28. The molecule has 0 fully saturated rings. The standard InChI is InChI=1S/C19H20IN3O/c1-22(2)10-11-23(14-16-8-6-15(13-21)7-9-16)19(24)17-4-3-5-18(20)12-17/h3-9,12H,10-11,14H2,1-2H3. The third-order valence-electron chi connectivity index (χ3n) is 3.63. The van der Waals surface area contributed by atoms with Crippen LogP contribution in [0.25, 0.3) is 0 Å². The second-order valence-corrected chi connectivity index (χ2v) is 7.09. The van der Waals surface area contributed by atoms with E-state index in [1.165, 1.54) is 0 Å². The van der Waals surface area contributed by atoms with Gasteiger partial charge in [0.15, 0.2) is 0 Å². The van der Waals surface area contributed by atoms with E-state index in [1.54, 1.807) is 12.1 Å². The van der Waals surface area contributed by atoms with Crippen LogP contribution in [0.5, 0.6) is 0 Å². The Hall–Kier alpha value is -1.91. The molecule has 4 nitrogen and oxygen atoms in total. The van der Waals surface area contributed by atoms with Gasteiger partial charge in [-0.15, -0.1) is 0 Å². The van der Waals surface area contributed by atoms with Crippen LogP contribution in [-0.4, -0.2) is 42.9 Å². The second-order valence-electron chi connectivity index (χ2n) is 5.85. The van der Waals surface area contributed by atoms with Crippen LogP contribution in [0.3, 0.4) is 0 Å². The Morgan fingerprint density at radius 2 is 1.83 bits per heavy atom. The largest absolute Gasteiger partial charge is 0.333 e. The highest BCUT2D eigenvalue weighted by Crippen LogP contribution is 2.14. The van der Waals surface area contributed by atoms with Crippen molar-refractivity contribution in [3.05, 3.63) is 68.8 Å². The Morgan fingerprint density at radius 1 is 1.12 bits per heavy atom. The Labute approximate surface area is 156 Å². The van der Waals surface area contributed by atoms with Gasteiger partial charge in [-0.1, -0.05) is 18.2 Å². The van der Waals surface area contributed by atoms with Gasteiger partial charge in [-0.05, 0) is 72.6 Å². The van der Waals surface area contributed by atoms with Gasteiger partial charge in [-0.25, -0.2) is 0 Å². The molecule has 2 rings (SSSR count). The first-order valence-electron chi connectivity index (χ1n) is 7.68. The van der Waals surface area contributed by atoms with Gasteiger partial charge in [0.05, 0.1) is 11.6 Å². The molecule has 0 aliphatic rings. The van der Waals surface area contributed by atoms with Crippen LogP contribution in [0, 0.1) is 14.9 Å². The van der Waals surface area contributed by atoms with E-state index in [0.717, 1.165) is 15.7 Å². The molecule has 0 aliphatic heterocycles. The van der Waals surface area contributed by atoms with Crippen molar-refractivity contribution >= 4 is 28.5 Å². The van der Waals surface area contributed by atoms with E-state index in [2.05, 4.69) is 33.6 Å². The van der Waals surface area contributed by atoms with Gasteiger partial charge < -0.3 is 9.80 Å². The summed E-state index contributed by atoms with van der Waals surface area (Å²) in [6, 6.07) is 17.1. The van der Waals surface area contributed by atoms with Gasteiger partial charge in [0.25, 0.3) is 5.91 Å². The highest BCUT2D eigenvalue weighted by molar-refractivity contribution is 14.1. The molecule has 1 amide bonds. The first-order valence-corrected chi connectivity index (χ1v) is 8.76. The molecule has 124 valence electrons. The first-order chi connectivity index (χ1) is 11.5. The summed E-state index contributed by atoms with van der Waals surface area (Å²) < 4.78 is 1.05. The van der Waals surface area contributed by atoms with Gasteiger partial charge in [-0.2, -0.15) is 5.26 Å². The summed E-state index contributed by atoms with van der Waals surface area (Å²) in [5, 5.41) is 8.90. The van der Waals surface area contributed by atoms with Crippen molar-refractivity contribution in [1.82, 2.24) is 9.80 Å². The summed E-state index contributed by atoms with van der Waals surface area (Å²) in [6.07, 6.45) is 0. The summed E-state index contributed by atoms with van der Waals surface area (Å²) in [7, 11) is 3.99. The normalized spacial score (nSPS) is 10.5. The molecule has 0 saturated carbocycles. The van der Waals surface area contributed by atoms with E-state index < -0.39 is 0 Å². The highest BCUT2D eigenvalue weighted by atomic mass is 127. The molecule has 2 aromatic carbocycles. The summed E-state index contributed by atoms with van der Waals surface area (Å²) in [6.45, 7) is 1.98. The van der Waals surface area contributed by atoms with E-state index in [1.807, 2.05) is 55.4 Å². The molecule has 0 spiro atoms. The van der Waals surface area contributed by atoms with Crippen molar-refractivity contribution in [2.75, 3.05) is 27.2 Å². The maximum absolute atomic E-state index is 12.9. The third kappa shape index (κ3) is 5.32. The number of halogens is 1. The van der Waals surface area contributed by atoms with E-state index in [9.17, 15) is 4.79 Å². The molecule has 0 radical (unpaired) electrons. The van der Waals surface area contributed by atoms with Crippen LogP contribution in [0.4, 0.5) is 0 Å². The molecule has 0 aliphatic carbocycles. The van der Waals surface area contributed by atoms with E-state index >= 15 is 0 Å². The number of hydrogen-bond acceptors (Lipinski definition) is 3. The average molecular weight is 433 g/mol. The minimum atomic E-state index is 0.0275. The van der Waals surface area contributed by atoms with Crippen LogP contribution < -0.4 is 0 Å². The van der Waals surface area contributed by atoms with Crippen molar-refractivity contribution < 1.29 is 4.79 Å². The Morgan fingerprint density at radius 3 is 2.42 bits per heavy atom. The number of benzene rings is 2. The fourth-order valence-corrected chi connectivity index (χ4v) is 2.83. The maximum atomic E-state index is 12.9. The second kappa shape index (κ2) is 8.81. The van der Waals surface area contributed by atoms with Gasteiger partial charge in [0, 0.05) is 28.8 Å². The van der Waals surface area contributed by atoms with Crippen LogP contribution in [0.2, 0.25) is 0 Å². The predicted molar refractivity (Wildman–Crippen MR) is 104 cm³/mol. The van der Waals surface area contributed by atoms with Gasteiger partial charge in [0.2, 0.25) is 0 Å². The molecule has 0 atom stereocenters. The molecule has 0 N–H and O–H groups in total. The van der Waals surface area contributed by atoms with Crippen LogP contribution >= 0.6 is 22.6 Å². The van der Waals surface area contributed by atoms with Crippen LogP contribution in [0.1, 0.15) is 21.5 Å². The number of carbonyl (C=O) groups excluding carboxylic acids is 1. The summed E-state index contributed by atoms with van der Waals surface area (Å²) in [5.41, 5.74) is 2.35. The summed E-state index contributed by atoms with van der Waals surface area (Å²) >= 11 is 2.22. The van der Waals surface area contributed by atoms with Gasteiger partial charge in [0.1, 0.15) is 0 Å². The molecule has 0 aromatic heterocycles. The number of nitrogens with zero attached hydrogens (tertiary/aromatic N) is 3. The zero-order chi connectivity index (χ0) is 17.5. The number of likely N-dealkylation sites (N-methyl/N-ethyl adjacent to an activating group) is 1. The molecule has 0 saturated heterocycles. The average Bonchev–Trinajstić information content (AvgIpc) is 2.58. The van der Waals surface area contributed by atoms with Crippen molar-refractivity contribution in [2.45, 2.75) is 6.54 Å². The third-order valence-corrected chi connectivity index (χ3v) is 4.30. The highest BCUT2D eigenvalue weighted by Gasteiger charge is 2.16. The Bertz CT molecular complexity index is 735. The topological polar surface area (TPSA) is 47.3 Å². The molecule has 2 aromatic rings.